The number of thioether (sulfide) groups is 1. The number of fused-ring (bicyclic) bond motifs is 4. The molecule has 0 saturated carbocycles. The van der Waals surface area contributed by atoms with Crippen LogP contribution in [0.4, 0.5) is 5.69 Å². The van der Waals surface area contributed by atoms with E-state index in [-0.39, 0.29) is 0 Å². The van der Waals surface area contributed by atoms with Crippen LogP contribution >= 0.6 is 27.7 Å². The van der Waals surface area contributed by atoms with Gasteiger partial charge >= 0.3 is 0 Å². The first-order valence-electron chi connectivity index (χ1n) is 6.86. The smallest absolute Gasteiger partial charge is 0.0817 e. The molecule has 1 aromatic rings. The predicted molar refractivity (Wildman–Crippen MR) is 95.7 cm³/mol. The molecule has 0 saturated heterocycles. The third-order valence-electron chi connectivity index (χ3n) is 3.91. The minimum atomic E-state index is 0.818. The summed E-state index contributed by atoms with van der Waals surface area (Å²) >= 11 is 5.35. The zero-order valence-corrected chi connectivity index (χ0v) is 14.0. The minimum absolute atomic E-state index is 0.818. The van der Waals surface area contributed by atoms with Crippen molar-refractivity contribution in [1.29, 1.82) is 0 Å². The molecule has 4 rings (SSSR count). The average Bonchev–Trinajstić information content (AvgIpc) is 2.78. The van der Waals surface area contributed by atoms with E-state index in [0.29, 0.717) is 0 Å². The van der Waals surface area contributed by atoms with Crippen LogP contribution < -0.4 is 0 Å². The molecule has 3 aliphatic rings. The van der Waals surface area contributed by atoms with Crippen molar-refractivity contribution in [2.24, 2.45) is 9.98 Å². The first-order chi connectivity index (χ1) is 10.3. The fourth-order valence-corrected chi connectivity index (χ4v) is 3.96. The highest BCUT2D eigenvalue weighted by molar-refractivity contribution is 9.11. The Bertz CT molecular complexity index is 797. The molecule has 2 nitrogen and oxygen atoms in total. The van der Waals surface area contributed by atoms with Crippen LogP contribution in [0.5, 0.6) is 0 Å². The van der Waals surface area contributed by atoms with Crippen LogP contribution in [0.25, 0.3) is 5.57 Å². The lowest BCUT2D eigenvalue weighted by atomic mass is 9.92. The predicted octanol–water partition coefficient (Wildman–Crippen LogP) is 5.26. The van der Waals surface area contributed by atoms with Crippen molar-refractivity contribution in [3.63, 3.8) is 0 Å². The van der Waals surface area contributed by atoms with Gasteiger partial charge in [0.25, 0.3) is 0 Å². The molecule has 21 heavy (non-hydrogen) atoms. The highest BCUT2D eigenvalue weighted by Crippen LogP contribution is 2.45. The van der Waals surface area contributed by atoms with Gasteiger partial charge in [-0.05, 0) is 46.3 Å². The van der Waals surface area contributed by atoms with Gasteiger partial charge in [0.15, 0.2) is 0 Å². The Morgan fingerprint density at radius 2 is 2.05 bits per heavy atom. The van der Waals surface area contributed by atoms with Gasteiger partial charge in [0.05, 0.1) is 22.1 Å². The first-order valence-corrected chi connectivity index (χ1v) is 8.88. The Morgan fingerprint density at radius 3 is 2.90 bits per heavy atom. The third-order valence-corrected chi connectivity index (χ3v) is 5.25. The van der Waals surface area contributed by atoms with Crippen molar-refractivity contribution in [1.82, 2.24) is 0 Å². The molecule has 0 radical (unpaired) electrons. The van der Waals surface area contributed by atoms with Crippen molar-refractivity contribution in [3.05, 3.63) is 57.7 Å². The van der Waals surface area contributed by atoms with Crippen molar-refractivity contribution in [3.8, 4) is 0 Å². The van der Waals surface area contributed by atoms with Crippen LogP contribution in [-0.4, -0.2) is 17.0 Å². The molecule has 0 unspecified atom stereocenters. The van der Waals surface area contributed by atoms with Crippen LogP contribution in [0.1, 0.15) is 18.4 Å². The average molecular weight is 357 g/mol. The molecule has 0 atom stereocenters. The van der Waals surface area contributed by atoms with Crippen molar-refractivity contribution in [2.45, 2.75) is 12.8 Å². The number of hydrogen-bond donors (Lipinski definition) is 0. The van der Waals surface area contributed by atoms with Crippen LogP contribution in [-0.2, 0) is 0 Å². The molecule has 2 heterocycles. The molecule has 0 aromatic heterocycles. The Kier molecular flexibility index (Phi) is 3.23. The van der Waals surface area contributed by atoms with Crippen LogP contribution in [0.3, 0.4) is 0 Å². The van der Waals surface area contributed by atoms with E-state index in [1.165, 1.54) is 16.7 Å². The first kappa shape index (κ1) is 13.3. The lowest BCUT2D eigenvalue weighted by Crippen LogP contribution is -2.03. The topological polar surface area (TPSA) is 24.7 Å². The van der Waals surface area contributed by atoms with Gasteiger partial charge in [-0.25, -0.2) is 4.99 Å². The summed E-state index contributed by atoms with van der Waals surface area (Å²) in [5.74, 6) is 0. The van der Waals surface area contributed by atoms with Crippen LogP contribution in [0.15, 0.2) is 62.2 Å². The highest BCUT2D eigenvalue weighted by atomic mass is 79.9. The summed E-state index contributed by atoms with van der Waals surface area (Å²) in [6, 6.07) is 8.39. The van der Waals surface area contributed by atoms with Gasteiger partial charge < -0.3 is 0 Å². The molecule has 0 bridgehead atoms. The minimum Gasteiger partial charge on any atom is -0.251 e. The zero-order chi connectivity index (χ0) is 14.4. The Morgan fingerprint density at radius 1 is 1.19 bits per heavy atom. The monoisotopic (exact) mass is 356 g/mol. The SMILES string of the molecule is CSC1=Nc2ccccc2C2=C3CC=CC(Br)=C3N=C2C1. The maximum atomic E-state index is 4.90. The van der Waals surface area contributed by atoms with Gasteiger partial charge in [-0.1, -0.05) is 24.3 Å². The number of halogens is 1. The molecule has 1 aliphatic carbocycles. The number of allylic oxidation sites excluding steroid dienone is 5. The van der Waals surface area contributed by atoms with Crippen LogP contribution in [0, 0.1) is 0 Å². The number of para-hydroxylation sites is 1. The van der Waals surface area contributed by atoms with E-state index in [1.54, 1.807) is 11.8 Å². The zero-order valence-electron chi connectivity index (χ0n) is 11.6. The van der Waals surface area contributed by atoms with E-state index in [4.69, 9.17) is 9.98 Å². The Balaban J connectivity index is 2.01. The molecule has 0 fully saturated rings. The summed E-state index contributed by atoms with van der Waals surface area (Å²) in [6.45, 7) is 0. The van der Waals surface area contributed by atoms with E-state index in [2.05, 4.69) is 58.6 Å². The Hall–Kier alpha value is -1.39. The van der Waals surface area contributed by atoms with Gasteiger partial charge in [0, 0.05) is 22.0 Å². The maximum Gasteiger partial charge on any atom is 0.0817 e. The summed E-state index contributed by atoms with van der Waals surface area (Å²) in [5, 5.41) is 1.13. The molecule has 1 aromatic carbocycles. The normalized spacial score (nSPS) is 19.7. The molecule has 2 aliphatic heterocycles. The summed E-state index contributed by atoms with van der Waals surface area (Å²) in [4.78, 5) is 9.72. The fraction of sp³-hybridized carbons (Fsp3) is 0.176. The summed E-state index contributed by atoms with van der Waals surface area (Å²) < 4.78 is 1.08. The third kappa shape index (κ3) is 2.09. The number of benzene rings is 1. The second-order valence-corrected chi connectivity index (χ2v) is 6.85. The van der Waals surface area contributed by atoms with Gasteiger partial charge in [-0.2, -0.15) is 0 Å². The summed E-state index contributed by atoms with van der Waals surface area (Å²) in [7, 11) is 0. The molecule has 4 heteroatoms. The summed E-state index contributed by atoms with van der Waals surface area (Å²) in [6.07, 6.45) is 8.13. The molecule has 0 amide bonds. The summed E-state index contributed by atoms with van der Waals surface area (Å²) in [5.41, 5.74) is 7.12. The fourth-order valence-electron chi connectivity index (χ4n) is 2.97. The second kappa shape index (κ2) is 5.11. The van der Waals surface area contributed by atoms with E-state index < -0.39 is 0 Å². The number of aliphatic imine (C=N–C) groups is 2. The maximum absolute atomic E-state index is 4.90. The van der Waals surface area contributed by atoms with E-state index in [0.717, 1.165) is 39.5 Å². The largest absolute Gasteiger partial charge is 0.251 e. The van der Waals surface area contributed by atoms with E-state index in [9.17, 15) is 0 Å². The van der Waals surface area contributed by atoms with Crippen LogP contribution in [0.2, 0.25) is 0 Å². The van der Waals surface area contributed by atoms with Crippen molar-refractivity contribution < 1.29 is 0 Å². The highest BCUT2D eigenvalue weighted by Gasteiger charge is 2.30. The number of rotatable bonds is 0. The molecule has 0 N–H and O–H groups in total. The van der Waals surface area contributed by atoms with Gasteiger partial charge in [0.1, 0.15) is 0 Å². The second-order valence-electron chi connectivity index (χ2n) is 5.12. The molecule has 0 spiro atoms. The lowest BCUT2D eigenvalue weighted by molar-refractivity contribution is 1.18. The quantitative estimate of drug-likeness (QED) is 0.622. The standard InChI is InChI=1S/C17H13BrN2S/c1-21-15-9-14-16(10-5-2-3-8-13(10)19-15)11-6-4-7-12(18)17(11)20-14/h2-5,7-8H,6,9H2,1H3. The molecular weight excluding hydrogens is 344 g/mol. The Labute approximate surface area is 136 Å². The van der Waals surface area contributed by atoms with Gasteiger partial charge in [-0.15, -0.1) is 11.8 Å². The molecule has 104 valence electrons. The van der Waals surface area contributed by atoms with E-state index in [1.807, 2.05) is 0 Å². The van der Waals surface area contributed by atoms with Crippen molar-refractivity contribution in [2.75, 3.05) is 6.26 Å². The lowest BCUT2D eigenvalue weighted by Gasteiger charge is -2.12. The molecular formula is C17H13BrN2S. The number of hydrogen-bond acceptors (Lipinski definition) is 3. The van der Waals surface area contributed by atoms with Crippen molar-refractivity contribution >= 4 is 49.7 Å². The number of nitrogens with zero attached hydrogens (tertiary/aromatic N) is 2. The van der Waals surface area contributed by atoms with Gasteiger partial charge in [-0.3, -0.25) is 4.99 Å². The van der Waals surface area contributed by atoms with E-state index >= 15 is 0 Å². The van der Waals surface area contributed by atoms with Gasteiger partial charge in [0.2, 0.25) is 0 Å².